The normalized spacial score (nSPS) is 30.5. The molecule has 22 N–H and O–H groups in total. The van der Waals surface area contributed by atoms with E-state index in [1.807, 2.05) is 38.1 Å². The average Bonchev–Trinajstić information content (AvgIpc) is 0.755. The molecule has 0 saturated carbocycles. The van der Waals surface area contributed by atoms with Gasteiger partial charge in [-0.2, -0.15) is 0 Å². The molecule has 6 aromatic carbocycles. The Labute approximate surface area is 740 Å². The summed E-state index contributed by atoms with van der Waals surface area (Å²) >= 11 is 18.2. The highest BCUT2D eigenvalue weighted by Crippen LogP contribution is 2.52. The number of aliphatic hydroxyl groups excluding tert-OH is 6. The predicted molar refractivity (Wildman–Crippen MR) is 449 cm³/mol. The molecule has 41 heteroatoms. The fourth-order valence-corrected chi connectivity index (χ4v) is 17.2. The number of ether oxygens (including phenoxy) is 9. The monoisotopic (exact) mass is 1860 g/mol. The number of aromatic hydroxyl groups is 3. The number of phenolic OH excluding ortho intramolecular Hbond substituents is 3. The van der Waals surface area contributed by atoms with Crippen LogP contribution in [0.1, 0.15) is 137 Å². The van der Waals surface area contributed by atoms with E-state index < -0.39 is 261 Å². The highest BCUT2D eigenvalue weighted by Gasteiger charge is 2.53. The molecule has 4 fully saturated rings. The van der Waals surface area contributed by atoms with Crippen molar-refractivity contribution in [2.75, 3.05) is 40.0 Å². The van der Waals surface area contributed by atoms with Gasteiger partial charge in [0.2, 0.25) is 53.4 Å². The van der Waals surface area contributed by atoms with Crippen molar-refractivity contribution in [2.45, 2.75) is 214 Å². The molecule has 38 nitrogen and oxygen atoms in total. The number of fused-ring (bicyclic) bond motifs is 15. The number of halogens is 3. The van der Waals surface area contributed by atoms with Crippen LogP contribution in [0.25, 0.3) is 11.1 Å². The number of carboxylic acids is 1. The second kappa shape index (κ2) is 39.1. The van der Waals surface area contributed by atoms with E-state index in [0.717, 1.165) is 52.5 Å². The number of carbonyl (C=O) groups is 8. The SMILES string of the molecule is CN[C@H](CC(C)C)C(=O)N[C@H]1C(=O)N[C@@H](CC(N)=O)C(=O)N[C@H]2C(=O)N[C@H]3C(=O)N[C@H](C(=O)N[C@@H](C(=O)O)c4cc(O)c(CN5CCOCC5)c(O)c4-c4cc3ccc4O)[C@H](O[C@H]3C[C@](C)(N)[C@H](O)[C@H](C)O3)c3ccc(c(Cl)c3)Oc3cc2cc(c3O[C@H]2O[C@@H](CO)[C@H](O)[C@@H](O)[C@@H]2O[C@H]2C[C@](C)(NCc3ccc(Br)cc3)[C@H](O)[C@H](C)O2)Oc2ccc(cc2Cl)[C@H]1O. The zero-order valence-electron chi connectivity index (χ0n) is 69.3. The highest BCUT2D eigenvalue weighted by atomic mass is 79.9. The maximum Gasteiger partial charge on any atom is 0.330 e. The summed E-state index contributed by atoms with van der Waals surface area (Å²) in [7, 11) is 1.48. The lowest BCUT2D eigenvalue weighted by Gasteiger charge is -2.48. The average molecular weight is 1860 g/mol. The molecule has 4 saturated heterocycles. The van der Waals surface area contributed by atoms with Crippen molar-refractivity contribution in [2.24, 2.45) is 17.4 Å². The summed E-state index contributed by atoms with van der Waals surface area (Å²) in [5.74, 6) is -16.0. The third-order valence-corrected chi connectivity index (χ3v) is 24.6. The lowest BCUT2D eigenvalue weighted by molar-refractivity contribution is -0.334. The van der Waals surface area contributed by atoms with Crippen molar-refractivity contribution in [1.82, 2.24) is 47.4 Å². The molecule has 680 valence electrons. The van der Waals surface area contributed by atoms with Gasteiger partial charge in [-0.1, -0.05) is 83.3 Å². The van der Waals surface area contributed by atoms with Gasteiger partial charge in [-0.25, -0.2) is 4.79 Å². The lowest BCUT2D eigenvalue weighted by atomic mass is 9.84. The van der Waals surface area contributed by atoms with Crippen molar-refractivity contribution >= 4 is 86.5 Å². The molecule has 9 aliphatic heterocycles. The van der Waals surface area contributed by atoms with E-state index in [0.29, 0.717) is 0 Å². The molecule has 0 spiro atoms. The summed E-state index contributed by atoms with van der Waals surface area (Å²) in [6.45, 7) is 9.95. The standard InChI is InChI=1S/C85H102BrCl2N11O27/c1-35(2)22-49(91-7)76(110)97-65-67(104)40-11-16-53(47(87)24-40)121-55-26-42-27-56(72(55)126-83-73(70(107)69(106)57(34-100)123-83)125-60-31-85(6,75(109)37(4)120-60)92-32-38-8-13-43(86)14-9-38)122-54-17-12-41(25-48(54)88)71(124-59-30-84(5,90)74(108)36(3)119-59)66-81(115)96-64(82(116)117)45-28-52(102)46(33-99-18-20-118-21-19-99)68(105)61(45)44-23-39(10-15-51(44)101)62(78(112)98-66)95-79(113)63(42)94-77(111)50(29-58(89)103)93-80(65)114/h8-17,23-28,35-37,49-50,57,59-60,62-67,69-71,73-75,83,91-92,100-102,104-109H,18-22,29-34,90H2,1-7H3,(H2,89,103)(H,93,114)(H,94,111)(H,95,113)(H,96,115)(H,97,110)(H,98,112)(H,116,117)/t36-,37-,49+,50-,57-,59-,60-,62+,63+,64+,65+,66-,67+,69-,70+,71+,73-,74+,75+,83+,84-,85-/m0/s1. The number of nitrogens with zero attached hydrogens (tertiary/aromatic N) is 1. The molecule has 0 unspecified atom stereocenters. The minimum atomic E-state index is -2.40. The summed E-state index contributed by atoms with van der Waals surface area (Å²) in [6.07, 6.45) is -22.9. The van der Waals surface area contributed by atoms with E-state index in [2.05, 4.69) is 58.5 Å². The van der Waals surface area contributed by atoms with Gasteiger partial charge in [0.25, 0.3) is 0 Å². The number of carbonyl (C=O) groups excluding carboxylic acids is 7. The van der Waals surface area contributed by atoms with Crippen LogP contribution < -0.4 is 68.2 Å². The summed E-state index contributed by atoms with van der Waals surface area (Å²) in [6, 6.07) is 6.35. The number of morpholine rings is 1. The van der Waals surface area contributed by atoms with Gasteiger partial charge in [0.05, 0.1) is 72.3 Å². The second-order valence-electron chi connectivity index (χ2n) is 33.3. The van der Waals surface area contributed by atoms with Crippen LogP contribution in [-0.4, -0.2) is 246 Å². The molecule has 0 radical (unpaired) electrons. The number of rotatable bonds is 20. The van der Waals surface area contributed by atoms with Crippen LogP contribution in [0, 0.1) is 5.92 Å². The Morgan fingerprint density at radius 3 is 1.92 bits per heavy atom. The topological polar surface area (TPSA) is 573 Å². The summed E-state index contributed by atoms with van der Waals surface area (Å²) in [5, 5.41) is 140. The molecular weight excluding hydrogens is 1760 g/mol. The number of amides is 7. The first-order valence-electron chi connectivity index (χ1n) is 40.8. The first kappa shape index (κ1) is 93.9. The summed E-state index contributed by atoms with van der Waals surface area (Å²) in [4.78, 5) is 124. The number of primary amides is 1. The Morgan fingerprint density at radius 2 is 1.30 bits per heavy atom. The van der Waals surface area contributed by atoms with Crippen LogP contribution >= 0.6 is 39.1 Å². The third-order valence-electron chi connectivity index (χ3n) is 23.5. The van der Waals surface area contributed by atoms with E-state index in [-0.39, 0.29) is 97.6 Å². The lowest BCUT2D eigenvalue weighted by Crippen LogP contribution is -2.65. The van der Waals surface area contributed by atoms with Crippen molar-refractivity contribution in [1.29, 1.82) is 0 Å². The van der Waals surface area contributed by atoms with Gasteiger partial charge in [0.15, 0.2) is 36.2 Å². The highest BCUT2D eigenvalue weighted by molar-refractivity contribution is 9.10. The van der Waals surface area contributed by atoms with Crippen LogP contribution in [0.4, 0.5) is 0 Å². The number of carboxylic acid groups (broad SMARTS) is 1. The number of nitrogens with two attached hydrogens (primary N) is 2. The van der Waals surface area contributed by atoms with Gasteiger partial charge < -0.3 is 148 Å². The number of phenols is 3. The van der Waals surface area contributed by atoms with E-state index in [9.17, 15) is 65.4 Å². The quantitative estimate of drug-likeness (QED) is 0.0522. The van der Waals surface area contributed by atoms with Crippen LogP contribution in [0.5, 0.6) is 46.0 Å². The zero-order valence-corrected chi connectivity index (χ0v) is 72.4. The van der Waals surface area contributed by atoms with Crippen molar-refractivity contribution in [3.05, 3.63) is 151 Å². The van der Waals surface area contributed by atoms with Crippen LogP contribution in [-0.2, 0) is 79.9 Å². The minimum Gasteiger partial charge on any atom is -0.507 e. The van der Waals surface area contributed by atoms with Gasteiger partial charge in [0, 0.05) is 71.3 Å². The van der Waals surface area contributed by atoms with Gasteiger partial charge in [-0.15, -0.1) is 0 Å². The smallest absolute Gasteiger partial charge is 0.330 e. The molecule has 22 atom stereocenters. The Morgan fingerprint density at radius 1 is 0.690 bits per heavy atom. The molecule has 11 bridgehead atoms. The van der Waals surface area contributed by atoms with E-state index in [4.69, 9.17) is 77.3 Å². The number of nitrogens with one attached hydrogen (secondary N) is 8. The number of benzene rings is 6. The number of hydrogen-bond acceptors (Lipinski definition) is 30. The molecule has 0 aliphatic carbocycles. The summed E-state index contributed by atoms with van der Waals surface area (Å²) < 4.78 is 59.4. The van der Waals surface area contributed by atoms with E-state index in [1.165, 1.54) is 51.2 Å². The van der Waals surface area contributed by atoms with Crippen LogP contribution in [0.2, 0.25) is 10.0 Å². The first-order valence-corrected chi connectivity index (χ1v) is 42.3. The number of hydrogen-bond donors (Lipinski definition) is 20. The molecule has 9 aliphatic rings. The van der Waals surface area contributed by atoms with Gasteiger partial charge >= 0.3 is 5.97 Å². The fourth-order valence-electron chi connectivity index (χ4n) is 16.5. The molecule has 0 aromatic heterocycles. The number of aliphatic hydroxyl groups is 6. The maximum absolute atomic E-state index is 16.7. The molecular formula is C85H102BrCl2N11O27. The Balaban J connectivity index is 1.05. The van der Waals surface area contributed by atoms with E-state index in [1.54, 1.807) is 18.7 Å². The molecule has 126 heavy (non-hydrogen) atoms. The van der Waals surface area contributed by atoms with Crippen molar-refractivity contribution in [3.8, 4) is 57.1 Å². The van der Waals surface area contributed by atoms with Gasteiger partial charge in [-0.05, 0) is 142 Å². The zero-order chi connectivity index (χ0) is 91.0. The Hall–Kier alpha value is -9.70. The van der Waals surface area contributed by atoms with Gasteiger partial charge in [0.1, 0.15) is 89.5 Å². The fraction of sp³-hybridized carbons (Fsp3) is 0.482. The molecule has 15 rings (SSSR count). The molecule has 9 heterocycles. The summed E-state index contributed by atoms with van der Waals surface area (Å²) in [5.41, 5.74) is 7.74. The minimum absolute atomic E-state index is 0.120. The predicted octanol–water partition coefficient (Wildman–Crippen LogP) is 2.77. The van der Waals surface area contributed by atoms with E-state index >= 15 is 24.0 Å². The Bertz CT molecular complexity index is 5100. The molecule has 7 amide bonds. The van der Waals surface area contributed by atoms with Crippen molar-refractivity contribution < 1.29 is 132 Å². The largest absolute Gasteiger partial charge is 0.507 e. The molecule has 6 aromatic rings. The van der Waals surface area contributed by atoms with Gasteiger partial charge in [-0.3, -0.25) is 38.5 Å². The van der Waals surface area contributed by atoms with Crippen LogP contribution in [0.3, 0.4) is 0 Å². The third kappa shape index (κ3) is 20.5. The first-order chi connectivity index (χ1) is 59.7. The second-order valence-corrected chi connectivity index (χ2v) is 35.0. The number of aliphatic carboxylic acids is 1. The van der Waals surface area contributed by atoms with Crippen molar-refractivity contribution in [3.63, 3.8) is 0 Å². The maximum atomic E-state index is 16.7. The number of likely N-dealkylation sites (N-methyl/N-ethyl adjacent to an activating group) is 1. The van der Waals surface area contributed by atoms with Crippen LogP contribution in [0.15, 0.2) is 102 Å². The Kier molecular flexibility index (Phi) is 29.1.